The molecule has 0 saturated carbocycles. The first-order valence-corrected chi connectivity index (χ1v) is 11.1. The average molecular weight is 453 g/mol. The molecule has 1 saturated heterocycles. The molecule has 1 fully saturated rings. The van der Waals surface area contributed by atoms with Gasteiger partial charge >= 0.3 is 0 Å². The van der Waals surface area contributed by atoms with Crippen LogP contribution in [0.5, 0.6) is 11.5 Å². The van der Waals surface area contributed by atoms with E-state index < -0.39 is 0 Å². The maximum absolute atomic E-state index is 12.5. The van der Waals surface area contributed by atoms with E-state index in [1.165, 1.54) is 11.3 Å². The van der Waals surface area contributed by atoms with Gasteiger partial charge in [0.05, 0.1) is 14.2 Å². The molecule has 1 aliphatic rings. The van der Waals surface area contributed by atoms with Gasteiger partial charge in [0.2, 0.25) is 16.9 Å². The second-order valence-electron chi connectivity index (χ2n) is 7.45. The number of amides is 2. The third-order valence-electron chi connectivity index (χ3n) is 5.35. The molecule has 1 atom stereocenters. The van der Waals surface area contributed by atoms with E-state index in [-0.39, 0.29) is 17.7 Å². The quantitative estimate of drug-likeness (QED) is 0.561. The average Bonchev–Trinajstić information content (AvgIpc) is 3.44. The van der Waals surface area contributed by atoms with Crippen LogP contribution < -0.4 is 19.7 Å². The van der Waals surface area contributed by atoms with Gasteiger partial charge < -0.3 is 19.7 Å². The van der Waals surface area contributed by atoms with Crippen molar-refractivity contribution in [2.75, 3.05) is 31.0 Å². The molecule has 0 radical (unpaired) electrons. The number of benzene rings is 2. The molecule has 0 bridgehead atoms. The van der Waals surface area contributed by atoms with E-state index in [0.29, 0.717) is 30.9 Å². The van der Waals surface area contributed by atoms with Crippen molar-refractivity contribution in [1.82, 2.24) is 10.2 Å². The van der Waals surface area contributed by atoms with Gasteiger partial charge in [-0.15, -0.1) is 10.2 Å². The number of rotatable bonds is 8. The summed E-state index contributed by atoms with van der Waals surface area (Å²) < 4.78 is 10.3. The molecular formula is C23H24N4O4S. The first-order chi connectivity index (χ1) is 15.6. The number of ether oxygens (including phenoxy) is 2. The number of methoxy groups -OCH3 is 2. The van der Waals surface area contributed by atoms with Crippen LogP contribution in [0.1, 0.15) is 29.3 Å². The molecule has 0 aliphatic carbocycles. The second kappa shape index (κ2) is 9.78. The van der Waals surface area contributed by atoms with Crippen molar-refractivity contribution >= 4 is 34.0 Å². The van der Waals surface area contributed by atoms with E-state index in [1.54, 1.807) is 19.1 Å². The van der Waals surface area contributed by atoms with Gasteiger partial charge in [-0.3, -0.25) is 9.59 Å². The van der Waals surface area contributed by atoms with Crippen molar-refractivity contribution in [3.05, 3.63) is 59.1 Å². The molecule has 0 spiro atoms. The van der Waals surface area contributed by atoms with E-state index in [9.17, 15) is 9.59 Å². The fraction of sp³-hybridized carbons (Fsp3) is 0.304. The molecule has 2 heterocycles. The van der Waals surface area contributed by atoms with Crippen LogP contribution in [0, 0.1) is 0 Å². The van der Waals surface area contributed by atoms with Gasteiger partial charge in [-0.25, -0.2) is 0 Å². The summed E-state index contributed by atoms with van der Waals surface area (Å²) in [4.78, 5) is 26.6. The summed E-state index contributed by atoms with van der Waals surface area (Å²) in [6.45, 7) is 0.533. The zero-order chi connectivity index (χ0) is 22.5. The maximum Gasteiger partial charge on any atom is 0.227 e. The molecule has 2 aromatic carbocycles. The summed E-state index contributed by atoms with van der Waals surface area (Å²) in [5.41, 5.74) is 1.89. The Labute approximate surface area is 190 Å². The highest BCUT2D eigenvalue weighted by atomic mass is 32.1. The van der Waals surface area contributed by atoms with Crippen LogP contribution in [-0.2, 0) is 16.0 Å². The molecule has 3 aromatic rings. The Balaban J connectivity index is 1.31. The number of anilines is 2. The highest BCUT2D eigenvalue weighted by molar-refractivity contribution is 7.15. The van der Waals surface area contributed by atoms with Crippen LogP contribution in [0.15, 0.2) is 48.5 Å². The number of hydrogen-bond donors (Lipinski definition) is 1. The Bertz CT molecular complexity index is 1080. The first-order valence-electron chi connectivity index (χ1n) is 10.3. The van der Waals surface area contributed by atoms with E-state index in [0.717, 1.165) is 27.8 Å². The smallest absolute Gasteiger partial charge is 0.227 e. The number of hydrogen-bond acceptors (Lipinski definition) is 7. The summed E-state index contributed by atoms with van der Waals surface area (Å²) in [6, 6.07) is 15.1. The molecule has 9 heteroatoms. The minimum atomic E-state index is -0.120. The van der Waals surface area contributed by atoms with Crippen molar-refractivity contribution in [2.24, 2.45) is 0 Å². The lowest BCUT2D eigenvalue weighted by Crippen LogP contribution is -2.24. The minimum absolute atomic E-state index is 0.0421. The summed E-state index contributed by atoms with van der Waals surface area (Å²) in [5, 5.41) is 12.3. The Morgan fingerprint density at radius 3 is 2.38 bits per heavy atom. The third kappa shape index (κ3) is 5.05. The topological polar surface area (TPSA) is 93.7 Å². The summed E-state index contributed by atoms with van der Waals surface area (Å²) in [6.07, 6.45) is 1.33. The van der Waals surface area contributed by atoms with Crippen molar-refractivity contribution in [3.8, 4) is 11.5 Å². The molecule has 8 nitrogen and oxygen atoms in total. The molecule has 1 unspecified atom stereocenters. The molecule has 32 heavy (non-hydrogen) atoms. The number of carbonyl (C=O) groups is 2. The van der Waals surface area contributed by atoms with Crippen molar-refractivity contribution in [3.63, 3.8) is 0 Å². The van der Waals surface area contributed by atoms with Crippen LogP contribution in [0.3, 0.4) is 0 Å². The lowest BCUT2D eigenvalue weighted by atomic mass is 10.1. The Morgan fingerprint density at radius 1 is 1.06 bits per heavy atom. The Morgan fingerprint density at radius 2 is 1.72 bits per heavy atom. The monoisotopic (exact) mass is 452 g/mol. The molecule has 2 amide bonds. The van der Waals surface area contributed by atoms with Crippen LogP contribution in [0.25, 0.3) is 0 Å². The van der Waals surface area contributed by atoms with Gasteiger partial charge in [0.25, 0.3) is 0 Å². The van der Waals surface area contributed by atoms with E-state index in [1.807, 2.05) is 48.5 Å². The van der Waals surface area contributed by atoms with E-state index >= 15 is 0 Å². The molecular weight excluding hydrogens is 428 g/mol. The molecule has 4 rings (SSSR count). The lowest BCUT2D eigenvalue weighted by molar-refractivity contribution is -0.117. The molecule has 1 aliphatic heterocycles. The number of aromatic nitrogens is 2. The van der Waals surface area contributed by atoms with E-state index in [2.05, 4.69) is 15.5 Å². The maximum atomic E-state index is 12.5. The number of nitrogens with one attached hydrogen (secondary N) is 1. The third-order valence-corrected chi connectivity index (χ3v) is 6.35. The predicted octanol–water partition coefficient (Wildman–Crippen LogP) is 3.65. The minimum Gasteiger partial charge on any atom is -0.497 e. The Hall–Kier alpha value is -3.46. The van der Waals surface area contributed by atoms with Crippen LogP contribution in [-0.4, -0.2) is 42.8 Å². The summed E-state index contributed by atoms with van der Waals surface area (Å²) in [7, 11) is 3.23. The van der Waals surface area contributed by atoms with Gasteiger partial charge in [-0.1, -0.05) is 23.5 Å². The number of nitrogens with zero attached hydrogens (tertiary/aromatic N) is 3. The lowest BCUT2D eigenvalue weighted by Gasteiger charge is -2.16. The summed E-state index contributed by atoms with van der Waals surface area (Å²) in [5.74, 6) is 1.40. The fourth-order valence-electron chi connectivity index (χ4n) is 3.57. The normalized spacial score (nSPS) is 15.6. The van der Waals surface area contributed by atoms with Crippen molar-refractivity contribution in [1.29, 1.82) is 0 Å². The molecule has 1 N–H and O–H groups in total. The van der Waals surface area contributed by atoms with Crippen molar-refractivity contribution < 1.29 is 19.1 Å². The molecule has 1 aromatic heterocycles. The molecule has 166 valence electrons. The van der Waals surface area contributed by atoms with Gasteiger partial charge in [0.1, 0.15) is 16.5 Å². The standard InChI is InChI=1S/C23H24N4O4S/c1-30-18-8-3-15(4-9-18)5-12-20(28)24-23-26-25-22(32-23)16-13-21(29)27(14-16)17-6-10-19(31-2)11-7-17/h3-4,6-11,16H,5,12-14H2,1-2H3,(H,24,26,28). The highest BCUT2D eigenvalue weighted by Gasteiger charge is 2.34. The number of carbonyl (C=O) groups excluding carboxylic acids is 2. The van der Waals surface area contributed by atoms with Gasteiger partial charge in [-0.2, -0.15) is 0 Å². The Kier molecular flexibility index (Phi) is 6.65. The predicted molar refractivity (Wildman–Crippen MR) is 123 cm³/mol. The summed E-state index contributed by atoms with van der Waals surface area (Å²) >= 11 is 1.32. The first kappa shape index (κ1) is 21.8. The van der Waals surface area contributed by atoms with Gasteiger partial charge in [0.15, 0.2) is 0 Å². The largest absolute Gasteiger partial charge is 0.497 e. The van der Waals surface area contributed by atoms with Gasteiger partial charge in [-0.05, 0) is 48.4 Å². The zero-order valence-electron chi connectivity index (χ0n) is 17.9. The van der Waals surface area contributed by atoms with Crippen LogP contribution >= 0.6 is 11.3 Å². The van der Waals surface area contributed by atoms with Crippen LogP contribution in [0.2, 0.25) is 0 Å². The van der Waals surface area contributed by atoms with Gasteiger partial charge in [0, 0.05) is 31.0 Å². The highest BCUT2D eigenvalue weighted by Crippen LogP contribution is 2.34. The SMILES string of the molecule is COc1ccc(CCC(=O)Nc2nnc(C3CC(=O)N(c4ccc(OC)cc4)C3)s2)cc1. The van der Waals surface area contributed by atoms with Crippen LogP contribution in [0.4, 0.5) is 10.8 Å². The van der Waals surface area contributed by atoms with E-state index in [4.69, 9.17) is 9.47 Å². The van der Waals surface area contributed by atoms with Crippen molar-refractivity contribution in [2.45, 2.75) is 25.2 Å². The second-order valence-corrected chi connectivity index (χ2v) is 8.45. The zero-order valence-corrected chi connectivity index (χ0v) is 18.7. The fourth-order valence-corrected chi connectivity index (χ4v) is 4.42. The number of aryl methyl sites for hydroxylation is 1.